The Labute approximate surface area is 263 Å². The second-order valence-corrected chi connectivity index (χ2v) is 12.1. The van der Waals surface area contributed by atoms with Crippen molar-refractivity contribution in [2.24, 2.45) is 0 Å². The summed E-state index contributed by atoms with van der Waals surface area (Å²) < 4.78 is 0.870. The SMILES string of the molecule is Cc1c(Nc2nccc3cc(CN4CCC(O)C4)cnc23)cccc1-c1cccc(Nc2ncnc3cc(Br)cnc23)c1C. The van der Waals surface area contributed by atoms with Gasteiger partial charge in [0.25, 0.3) is 0 Å². The minimum absolute atomic E-state index is 0.233. The molecular weight excluding hydrogens is 616 g/mol. The molecule has 0 saturated carbocycles. The fourth-order valence-corrected chi connectivity index (χ4v) is 6.21. The fraction of sp³-hybridized carbons (Fsp3) is 0.206. The van der Waals surface area contributed by atoms with Crippen molar-refractivity contribution in [1.29, 1.82) is 0 Å². The van der Waals surface area contributed by atoms with Crippen LogP contribution in [0.5, 0.6) is 0 Å². The molecule has 0 aliphatic carbocycles. The highest BCUT2D eigenvalue weighted by molar-refractivity contribution is 9.10. The standard InChI is InChI=1S/C34H31BrN8O/c1-20-26(27-6-4-8-29(21(27)2)42-34-32-30(39-19-40-34)14-24(35)16-38-32)5-3-7-28(20)41-33-31-23(9-11-36-33)13-22(15-37-31)17-43-12-10-25(44)18-43/h3-9,11,13-16,19,25,44H,10,12,17-18H2,1-2H3,(H,36,41)(H,39,40,42). The van der Waals surface area contributed by atoms with E-state index in [4.69, 9.17) is 4.98 Å². The first-order valence-corrected chi connectivity index (χ1v) is 15.4. The van der Waals surface area contributed by atoms with Crippen LogP contribution in [0.25, 0.3) is 33.1 Å². The van der Waals surface area contributed by atoms with Gasteiger partial charge in [-0.05, 0) is 94.3 Å². The van der Waals surface area contributed by atoms with Crippen LogP contribution in [0.3, 0.4) is 0 Å². The number of nitrogens with zero attached hydrogens (tertiary/aromatic N) is 6. The molecule has 10 heteroatoms. The van der Waals surface area contributed by atoms with Crippen LogP contribution in [-0.2, 0) is 6.54 Å². The number of fused-ring (bicyclic) bond motifs is 2. The van der Waals surface area contributed by atoms with Gasteiger partial charge in [0.05, 0.1) is 11.6 Å². The lowest BCUT2D eigenvalue weighted by Gasteiger charge is -2.18. The Morgan fingerprint density at radius 2 is 1.55 bits per heavy atom. The lowest BCUT2D eigenvalue weighted by Crippen LogP contribution is -2.21. The minimum atomic E-state index is -0.233. The Hall–Kier alpha value is -4.51. The molecule has 1 aliphatic rings. The van der Waals surface area contributed by atoms with E-state index in [-0.39, 0.29) is 6.10 Å². The van der Waals surface area contributed by atoms with E-state index < -0.39 is 0 Å². The van der Waals surface area contributed by atoms with Crippen LogP contribution in [-0.4, -0.2) is 54.1 Å². The van der Waals surface area contributed by atoms with E-state index in [9.17, 15) is 5.11 Å². The predicted molar refractivity (Wildman–Crippen MR) is 178 cm³/mol. The molecule has 220 valence electrons. The van der Waals surface area contributed by atoms with Crippen LogP contribution in [0.1, 0.15) is 23.1 Å². The lowest BCUT2D eigenvalue weighted by molar-refractivity contribution is 0.175. The number of nitrogens with one attached hydrogen (secondary N) is 2. The zero-order chi connectivity index (χ0) is 30.2. The molecule has 9 nitrogen and oxygen atoms in total. The summed E-state index contributed by atoms with van der Waals surface area (Å²) in [5, 5.41) is 18.0. The van der Waals surface area contributed by atoms with E-state index in [0.29, 0.717) is 23.7 Å². The molecule has 1 saturated heterocycles. The summed E-state index contributed by atoms with van der Waals surface area (Å²) in [6, 6.07) is 18.6. The maximum Gasteiger partial charge on any atom is 0.160 e. The molecule has 1 aliphatic heterocycles. The summed E-state index contributed by atoms with van der Waals surface area (Å²) in [5.74, 6) is 1.37. The second-order valence-electron chi connectivity index (χ2n) is 11.2. The summed E-state index contributed by atoms with van der Waals surface area (Å²) in [6.07, 6.45) is 7.63. The molecule has 0 bridgehead atoms. The number of β-amino-alcohol motifs (C(OH)–C–C–N with tert-alkyl or cyclic N) is 1. The van der Waals surface area contributed by atoms with Crippen molar-refractivity contribution in [3.63, 3.8) is 0 Å². The van der Waals surface area contributed by atoms with Gasteiger partial charge < -0.3 is 15.7 Å². The number of likely N-dealkylation sites (tertiary alicyclic amines) is 1. The Morgan fingerprint density at radius 1 is 0.841 bits per heavy atom. The van der Waals surface area contributed by atoms with Gasteiger partial charge in [0, 0.05) is 59.5 Å². The molecule has 3 N–H and O–H groups in total. The molecule has 2 aromatic carbocycles. The topological polar surface area (TPSA) is 112 Å². The molecule has 1 atom stereocenters. The molecule has 44 heavy (non-hydrogen) atoms. The normalized spacial score (nSPS) is 15.2. The van der Waals surface area contributed by atoms with Gasteiger partial charge in [-0.3, -0.25) is 9.88 Å². The smallest absolute Gasteiger partial charge is 0.160 e. The average Bonchev–Trinajstić information content (AvgIpc) is 3.43. The van der Waals surface area contributed by atoms with Crippen molar-refractivity contribution in [2.45, 2.75) is 32.9 Å². The van der Waals surface area contributed by atoms with E-state index in [1.54, 1.807) is 12.5 Å². The number of hydrogen-bond donors (Lipinski definition) is 3. The molecular formula is C34H31BrN8O. The minimum Gasteiger partial charge on any atom is -0.392 e. The highest BCUT2D eigenvalue weighted by Gasteiger charge is 2.20. The third kappa shape index (κ3) is 5.59. The van der Waals surface area contributed by atoms with Gasteiger partial charge in [-0.2, -0.15) is 0 Å². The van der Waals surface area contributed by atoms with Crippen molar-refractivity contribution in [3.8, 4) is 11.1 Å². The molecule has 5 heterocycles. The van der Waals surface area contributed by atoms with Gasteiger partial charge >= 0.3 is 0 Å². The van der Waals surface area contributed by atoms with Crippen molar-refractivity contribution in [2.75, 3.05) is 23.7 Å². The number of aliphatic hydroxyl groups is 1. The molecule has 0 radical (unpaired) electrons. The summed E-state index contributed by atoms with van der Waals surface area (Å²) in [6.45, 7) is 6.63. The molecule has 0 amide bonds. The Balaban J connectivity index is 1.17. The monoisotopic (exact) mass is 646 g/mol. The molecule has 4 aromatic heterocycles. The number of aliphatic hydroxyl groups excluding tert-OH is 1. The summed E-state index contributed by atoms with van der Waals surface area (Å²) in [5.41, 5.74) is 9.78. The van der Waals surface area contributed by atoms with E-state index in [0.717, 1.165) is 79.6 Å². The number of anilines is 4. The maximum absolute atomic E-state index is 9.89. The Morgan fingerprint density at radius 3 is 2.25 bits per heavy atom. The van der Waals surface area contributed by atoms with Crippen LogP contribution in [0.2, 0.25) is 0 Å². The van der Waals surface area contributed by atoms with Gasteiger partial charge in [-0.15, -0.1) is 0 Å². The van der Waals surface area contributed by atoms with Crippen molar-refractivity contribution < 1.29 is 5.11 Å². The highest BCUT2D eigenvalue weighted by atomic mass is 79.9. The maximum atomic E-state index is 9.89. The first-order valence-electron chi connectivity index (χ1n) is 14.6. The molecule has 7 rings (SSSR count). The van der Waals surface area contributed by atoms with Crippen molar-refractivity contribution >= 4 is 60.9 Å². The number of pyridine rings is 3. The zero-order valence-electron chi connectivity index (χ0n) is 24.4. The zero-order valence-corrected chi connectivity index (χ0v) is 26.0. The number of benzene rings is 2. The molecule has 1 fully saturated rings. The summed E-state index contributed by atoms with van der Waals surface area (Å²) in [4.78, 5) is 25.1. The van der Waals surface area contributed by atoms with Crippen LogP contribution in [0.15, 0.2) is 84.0 Å². The summed E-state index contributed by atoms with van der Waals surface area (Å²) in [7, 11) is 0. The van der Waals surface area contributed by atoms with Crippen LogP contribution >= 0.6 is 15.9 Å². The van der Waals surface area contributed by atoms with Crippen LogP contribution in [0.4, 0.5) is 23.0 Å². The first kappa shape index (κ1) is 28.3. The summed E-state index contributed by atoms with van der Waals surface area (Å²) >= 11 is 3.47. The number of rotatable bonds is 7. The van der Waals surface area contributed by atoms with Crippen molar-refractivity contribution in [1.82, 2.24) is 29.8 Å². The quantitative estimate of drug-likeness (QED) is 0.168. The molecule has 6 aromatic rings. The highest BCUT2D eigenvalue weighted by Crippen LogP contribution is 2.36. The number of aromatic nitrogens is 5. The fourth-order valence-electron chi connectivity index (χ4n) is 5.89. The van der Waals surface area contributed by atoms with Gasteiger partial charge in [-0.1, -0.05) is 24.3 Å². The van der Waals surface area contributed by atoms with Gasteiger partial charge in [0.1, 0.15) is 17.4 Å². The predicted octanol–water partition coefficient (Wildman–Crippen LogP) is 7.07. The Kier molecular flexibility index (Phi) is 7.63. The Bertz CT molecular complexity index is 2020. The third-order valence-corrected chi connectivity index (χ3v) is 8.65. The number of hydrogen-bond acceptors (Lipinski definition) is 9. The lowest BCUT2D eigenvalue weighted by atomic mass is 9.94. The van der Waals surface area contributed by atoms with E-state index >= 15 is 0 Å². The third-order valence-electron chi connectivity index (χ3n) is 8.22. The second kappa shape index (κ2) is 11.9. The van der Waals surface area contributed by atoms with E-state index in [2.05, 4.69) is 102 Å². The van der Waals surface area contributed by atoms with Gasteiger partial charge in [0.2, 0.25) is 0 Å². The first-order chi connectivity index (χ1) is 21.4. The number of halogens is 1. The largest absolute Gasteiger partial charge is 0.392 e. The van der Waals surface area contributed by atoms with E-state index in [1.165, 1.54) is 0 Å². The molecule has 1 unspecified atom stereocenters. The van der Waals surface area contributed by atoms with E-state index in [1.807, 2.05) is 30.6 Å². The van der Waals surface area contributed by atoms with Crippen molar-refractivity contribution in [3.05, 3.63) is 101 Å². The average molecular weight is 648 g/mol. The van der Waals surface area contributed by atoms with Crippen LogP contribution in [0, 0.1) is 13.8 Å². The van der Waals surface area contributed by atoms with Crippen LogP contribution < -0.4 is 10.6 Å². The molecule has 0 spiro atoms. The van der Waals surface area contributed by atoms with Gasteiger partial charge in [0.15, 0.2) is 11.6 Å². The van der Waals surface area contributed by atoms with Gasteiger partial charge in [-0.25, -0.2) is 19.9 Å².